The van der Waals surface area contributed by atoms with Crippen LogP contribution < -0.4 is 5.32 Å². The molecule has 2 amide bonds. The second-order valence-electron chi connectivity index (χ2n) is 8.50. The quantitative estimate of drug-likeness (QED) is 0.496. The van der Waals surface area contributed by atoms with Crippen molar-refractivity contribution in [1.29, 1.82) is 0 Å². The van der Waals surface area contributed by atoms with Crippen molar-refractivity contribution in [2.24, 2.45) is 7.05 Å². The standard InChI is InChI=1S/C22H22ClFN6O3/c1-29-9-14-13(20(29)21(31)25-12-4-6-16(24)15(23)8-12)5-7-18(14)30(22(32)33)10-17-19(11-2-3-11)27-28-26-17/h4,6,8-9,11,18H,2-3,5,7,10H2,1H3,(H,25,31)(H,32,33)(H,26,27,28). The van der Waals surface area contributed by atoms with Gasteiger partial charge in [0.15, 0.2) is 0 Å². The van der Waals surface area contributed by atoms with Crippen LogP contribution in [-0.2, 0) is 20.0 Å². The van der Waals surface area contributed by atoms with Crippen LogP contribution in [0.15, 0.2) is 24.4 Å². The van der Waals surface area contributed by atoms with E-state index in [2.05, 4.69) is 20.7 Å². The van der Waals surface area contributed by atoms with Crippen molar-refractivity contribution in [3.8, 4) is 0 Å². The molecule has 1 saturated carbocycles. The molecule has 0 bridgehead atoms. The van der Waals surface area contributed by atoms with Crippen molar-refractivity contribution >= 4 is 29.3 Å². The van der Waals surface area contributed by atoms with Crippen LogP contribution >= 0.6 is 11.6 Å². The molecule has 2 aliphatic rings. The number of aromatic amines is 1. The zero-order valence-corrected chi connectivity index (χ0v) is 18.6. The fraction of sp³-hybridized carbons (Fsp3) is 0.364. The molecular formula is C22H22ClFN6O3. The number of carboxylic acid groups (broad SMARTS) is 1. The Balaban J connectivity index is 1.40. The number of aryl methyl sites for hydroxylation is 1. The summed E-state index contributed by atoms with van der Waals surface area (Å²) in [6, 6.07) is 3.58. The highest BCUT2D eigenvalue weighted by Gasteiger charge is 2.37. The number of benzene rings is 1. The lowest BCUT2D eigenvalue weighted by Crippen LogP contribution is -2.32. The van der Waals surface area contributed by atoms with E-state index in [9.17, 15) is 19.1 Å². The number of fused-ring (bicyclic) bond motifs is 1. The molecule has 0 spiro atoms. The number of hydrogen-bond acceptors (Lipinski definition) is 4. The van der Waals surface area contributed by atoms with E-state index < -0.39 is 18.0 Å². The number of aromatic nitrogens is 4. The van der Waals surface area contributed by atoms with Gasteiger partial charge in [0.1, 0.15) is 17.2 Å². The lowest BCUT2D eigenvalue weighted by molar-refractivity contribution is 0.101. The molecular weight excluding hydrogens is 451 g/mol. The number of carbonyl (C=O) groups is 2. The molecule has 0 saturated heterocycles. The van der Waals surface area contributed by atoms with Gasteiger partial charge in [-0.25, -0.2) is 9.18 Å². The van der Waals surface area contributed by atoms with E-state index in [-0.39, 0.29) is 17.5 Å². The van der Waals surface area contributed by atoms with Crippen molar-refractivity contribution in [3.05, 3.63) is 63.4 Å². The maximum absolute atomic E-state index is 13.4. The molecule has 2 heterocycles. The maximum Gasteiger partial charge on any atom is 0.408 e. The van der Waals surface area contributed by atoms with E-state index >= 15 is 0 Å². The van der Waals surface area contributed by atoms with Gasteiger partial charge in [0.2, 0.25) is 0 Å². The third-order valence-corrected chi connectivity index (χ3v) is 6.59. The highest BCUT2D eigenvalue weighted by molar-refractivity contribution is 6.31. The van der Waals surface area contributed by atoms with Gasteiger partial charge >= 0.3 is 6.09 Å². The van der Waals surface area contributed by atoms with Gasteiger partial charge in [-0.05, 0) is 55.0 Å². The van der Waals surface area contributed by atoms with E-state index in [1.807, 2.05) is 0 Å². The van der Waals surface area contributed by atoms with Gasteiger partial charge in [-0.3, -0.25) is 9.69 Å². The van der Waals surface area contributed by atoms with Gasteiger partial charge in [0.05, 0.1) is 23.3 Å². The van der Waals surface area contributed by atoms with Crippen molar-refractivity contribution in [1.82, 2.24) is 24.9 Å². The minimum Gasteiger partial charge on any atom is -0.465 e. The maximum atomic E-state index is 13.4. The average Bonchev–Trinajstić information content (AvgIpc) is 3.22. The fourth-order valence-electron chi connectivity index (χ4n) is 4.61. The van der Waals surface area contributed by atoms with Gasteiger partial charge in [0, 0.05) is 24.8 Å². The van der Waals surface area contributed by atoms with Crippen LogP contribution in [0.4, 0.5) is 14.9 Å². The minimum atomic E-state index is -1.05. The third kappa shape index (κ3) is 3.95. The second-order valence-corrected chi connectivity index (χ2v) is 8.91. The Morgan fingerprint density at radius 3 is 2.82 bits per heavy atom. The molecule has 0 radical (unpaired) electrons. The van der Waals surface area contributed by atoms with Crippen LogP contribution in [-0.4, -0.2) is 42.0 Å². The predicted molar refractivity (Wildman–Crippen MR) is 118 cm³/mol. The Labute approximate surface area is 193 Å². The van der Waals surface area contributed by atoms with Crippen molar-refractivity contribution in [3.63, 3.8) is 0 Å². The molecule has 3 N–H and O–H groups in total. The first-order valence-corrected chi connectivity index (χ1v) is 11.0. The minimum absolute atomic E-state index is 0.0829. The largest absolute Gasteiger partial charge is 0.465 e. The number of amides is 2. The Morgan fingerprint density at radius 1 is 1.33 bits per heavy atom. The van der Waals surface area contributed by atoms with E-state index in [1.165, 1.54) is 23.1 Å². The number of hydrogen-bond donors (Lipinski definition) is 3. The fourth-order valence-corrected chi connectivity index (χ4v) is 4.79. The normalized spacial score (nSPS) is 17.1. The smallest absolute Gasteiger partial charge is 0.408 e. The number of H-pyrrole nitrogens is 1. The second kappa shape index (κ2) is 8.18. The van der Waals surface area contributed by atoms with Crippen LogP contribution in [0.5, 0.6) is 0 Å². The summed E-state index contributed by atoms with van der Waals surface area (Å²) >= 11 is 5.82. The van der Waals surface area contributed by atoms with Crippen LogP contribution in [0, 0.1) is 5.82 Å². The van der Waals surface area contributed by atoms with Crippen molar-refractivity contribution in [2.75, 3.05) is 5.32 Å². The molecule has 9 nitrogen and oxygen atoms in total. The molecule has 5 rings (SSSR count). The number of carbonyl (C=O) groups excluding carboxylic acids is 1. The molecule has 33 heavy (non-hydrogen) atoms. The van der Waals surface area contributed by atoms with Crippen LogP contribution in [0.3, 0.4) is 0 Å². The molecule has 1 unspecified atom stereocenters. The summed E-state index contributed by atoms with van der Waals surface area (Å²) in [5.41, 5.74) is 3.92. The monoisotopic (exact) mass is 472 g/mol. The van der Waals surface area contributed by atoms with Gasteiger partial charge in [-0.1, -0.05) is 11.6 Å². The number of rotatable bonds is 6. The summed E-state index contributed by atoms with van der Waals surface area (Å²) in [5, 5.41) is 23.7. The van der Waals surface area contributed by atoms with Crippen LogP contribution in [0.25, 0.3) is 0 Å². The zero-order chi connectivity index (χ0) is 23.3. The molecule has 1 aromatic carbocycles. The van der Waals surface area contributed by atoms with Gasteiger partial charge < -0.3 is 15.0 Å². The van der Waals surface area contributed by atoms with Gasteiger partial charge in [-0.15, -0.1) is 0 Å². The summed E-state index contributed by atoms with van der Waals surface area (Å²) in [6.45, 7) is 0.131. The Morgan fingerprint density at radius 2 is 2.12 bits per heavy atom. The van der Waals surface area contributed by atoms with Crippen molar-refractivity contribution in [2.45, 2.75) is 44.2 Å². The molecule has 0 aliphatic heterocycles. The molecule has 3 aromatic rings. The predicted octanol–water partition coefficient (Wildman–Crippen LogP) is 4.23. The van der Waals surface area contributed by atoms with Gasteiger partial charge in [-0.2, -0.15) is 15.4 Å². The molecule has 1 fully saturated rings. The Kier molecular flexibility index (Phi) is 5.32. The Hall–Kier alpha value is -3.40. The highest BCUT2D eigenvalue weighted by Crippen LogP contribution is 2.42. The average molecular weight is 473 g/mol. The Bertz CT molecular complexity index is 1250. The lowest BCUT2D eigenvalue weighted by Gasteiger charge is -2.26. The first kappa shape index (κ1) is 21.4. The summed E-state index contributed by atoms with van der Waals surface area (Å²) in [4.78, 5) is 26.6. The summed E-state index contributed by atoms with van der Waals surface area (Å²) in [5.74, 6) is -0.583. The molecule has 1 atom stereocenters. The highest BCUT2D eigenvalue weighted by atomic mass is 35.5. The molecule has 11 heteroatoms. The topological polar surface area (TPSA) is 116 Å². The van der Waals surface area contributed by atoms with Crippen molar-refractivity contribution < 1.29 is 19.1 Å². The summed E-state index contributed by atoms with van der Waals surface area (Å²) < 4.78 is 15.1. The first-order valence-electron chi connectivity index (χ1n) is 10.7. The van der Waals surface area contributed by atoms with Crippen LogP contribution in [0.2, 0.25) is 5.02 Å². The van der Waals surface area contributed by atoms with E-state index in [0.29, 0.717) is 35.8 Å². The molecule has 2 aromatic heterocycles. The zero-order valence-electron chi connectivity index (χ0n) is 17.8. The van der Waals surface area contributed by atoms with Crippen LogP contribution in [0.1, 0.15) is 64.2 Å². The molecule has 172 valence electrons. The van der Waals surface area contributed by atoms with E-state index in [1.54, 1.807) is 17.8 Å². The number of anilines is 1. The summed E-state index contributed by atoms with van der Waals surface area (Å²) in [6.07, 6.45) is 3.96. The first-order chi connectivity index (χ1) is 15.8. The number of halogens is 2. The number of nitrogens with zero attached hydrogens (tertiary/aromatic N) is 4. The van der Waals surface area contributed by atoms with E-state index in [0.717, 1.165) is 29.7 Å². The van der Waals surface area contributed by atoms with E-state index in [4.69, 9.17) is 11.6 Å². The third-order valence-electron chi connectivity index (χ3n) is 6.30. The lowest BCUT2D eigenvalue weighted by atomic mass is 10.1. The summed E-state index contributed by atoms with van der Waals surface area (Å²) in [7, 11) is 1.75. The number of nitrogens with one attached hydrogen (secondary N) is 2. The van der Waals surface area contributed by atoms with Gasteiger partial charge in [0.25, 0.3) is 5.91 Å². The molecule has 2 aliphatic carbocycles. The SMILES string of the molecule is Cn1cc2c(c1C(=O)Nc1ccc(F)c(Cl)c1)CCC2N(Cc1n[nH]nc1C1CC1)C(=O)O.